The fourth-order valence-electron chi connectivity index (χ4n) is 5.05. The molecule has 2 aromatic carbocycles. The van der Waals surface area contributed by atoms with Gasteiger partial charge in [-0.25, -0.2) is 4.39 Å². The van der Waals surface area contributed by atoms with Crippen molar-refractivity contribution in [3.63, 3.8) is 0 Å². The van der Waals surface area contributed by atoms with Crippen molar-refractivity contribution in [1.29, 1.82) is 0 Å². The standard InChI is InChI=1S/C26H30FN5O3/c1-34-23-16-18(28-24(33)20-6-2-3-7-22(20)27)10-13-21(23)25-30-31-26(35-25)29-17-8-11-19(12-9-17)32-14-4-5-15-32/h2-3,6-7,10,13,16-17,19H,4-5,8-9,11-12,14-15H2,1H3,(H,28,33)(H,29,31). The Morgan fingerprint density at radius 3 is 2.60 bits per heavy atom. The number of ether oxygens (including phenoxy) is 1. The lowest BCUT2D eigenvalue weighted by molar-refractivity contribution is 0.102. The Kier molecular flexibility index (Phi) is 6.94. The van der Waals surface area contributed by atoms with Gasteiger partial charge in [-0.3, -0.25) is 4.79 Å². The van der Waals surface area contributed by atoms with Crippen LogP contribution in [-0.4, -0.2) is 53.3 Å². The monoisotopic (exact) mass is 479 g/mol. The third-order valence-corrected chi connectivity index (χ3v) is 6.91. The highest BCUT2D eigenvalue weighted by atomic mass is 19.1. The van der Waals surface area contributed by atoms with Crippen molar-refractivity contribution in [2.45, 2.75) is 50.6 Å². The van der Waals surface area contributed by atoms with Gasteiger partial charge in [0.2, 0.25) is 0 Å². The highest BCUT2D eigenvalue weighted by Gasteiger charge is 2.28. The lowest BCUT2D eigenvalue weighted by Gasteiger charge is -2.34. The first-order valence-electron chi connectivity index (χ1n) is 12.2. The molecule has 35 heavy (non-hydrogen) atoms. The first-order valence-corrected chi connectivity index (χ1v) is 12.2. The molecule has 1 saturated carbocycles. The van der Waals surface area contributed by atoms with Gasteiger partial charge in [-0.2, -0.15) is 0 Å². The van der Waals surface area contributed by atoms with Crippen LogP contribution in [0.15, 0.2) is 46.9 Å². The number of nitrogens with zero attached hydrogens (tertiary/aromatic N) is 3. The van der Waals surface area contributed by atoms with Crippen LogP contribution in [0.25, 0.3) is 11.5 Å². The molecule has 0 unspecified atom stereocenters. The predicted octanol–water partition coefficient (Wildman–Crippen LogP) is 4.96. The van der Waals surface area contributed by atoms with E-state index in [1.807, 2.05) is 0 Å². The number of likely N-dealkylation sites (tertiary alicyclic amines) is 1. The Balaban J connectivity index is 1.22. The summed E-state index contributed by atoms with van der Waals surface area (Å²) in [6, 6.07) is 12.3. The van der Waals surface area contributed by atoms with E-state index in [0.29, 0.717) is 41.0 Å². The van der Waals surface area contributed by atoms with Crippen LogP contribution in [-0.2, 0) is 0 Å². The molecule has 3 aromatic rings. The first-order chi connectivity index (χ1) is 17.1. The highest BCUT2D eigenvalue weighted by molar-refractivity contribution is 6.04. The summed E-state index contributed by atoms with van der Waals surface area (Å²) >= 11 is 0. The number of hydrogen-bond donors (Lipinski definition) is 2. The second-order valence-electron chi connectivity index (χ2n) is 9.15. The van der Waals surface area contributed by atoms with E-state index in [0.717, 1.165) is 12.8 Å². The first kappa shape index (κ1) is 23.3. The molecule has 1 amide bonds. The zero-order valence-electron chi connectivity index (χ0n) is 19.8. The number of aromatic nitrogens is 2. The quantitative estimate of drug-likeness (QED) is 0.495. The lowest BCUT2D eigenvalue weighted by atomic mass is 9.90. The molecule has 1 aliphatic heterocycles. The van der Waals surface area contributed by atoms with Gasteiger partial charge in [0.1, 0.15) is 11.6 Å². The van der Waals surface area contributed by atoms with Crippen LogP contribution in [0.2, 0.25) is 0 Å². The number of rotatable bonds is 7. The van der Waals surface area contributed by atoms with Gasteiger partial charge < -0.3 is 24.7 Å². The number of hydrogen-bond acceptors (Lipinski definition) is 7. The molecular formula is C26H30FN5O3. The predicted molar refractivity (Wildman–Crippen MR) is 131 cm³/mol. The molecule has 2 fully saturated rings. The largest absolute Gasteiger partial charge is 0.496 e. The average Bonchev–Trinajstić information content (AvgIpc) is 3.57. The molecule has 0 atom stereocenters. The molecule has 1 saturated heterocycles. The molecular weight excluding hydrogens is 449 g/mol. The maximum absolute atomic E-state index is 13.9. The Bertz CT molecular complexity index is 1170. The van der Waals surface area contributed by atoms with Crippen LogP contribution in [0, 0.1) is 5.82 Å². The number of carbonyl (C=O) groups is 1. The zero-order valence-corrected chi connectivity index (χ0v) is 19.8. The summed E-state index contributed by atoms with van der Waals surface area (Å²) in [4.78, 5) is 15.1. The van der Waals surface area contributed by atoms with Gasteiger partial charge >= 0.3 is 6.01 Å². The van der Waals surface area contributed by atoms with Crippen molar-refractivity contribution in [2.24, 2.45) is 0 Å². The van der Waals surface area contributed by atoms with E-state index in [1.54, 1.807) is 24.3 Å². The Hall–Kier alpha value is -3.46. The summed E-state index contributed by atoms with van der Waals surface area (Å²) in [5, 5.41) is 14.4. The van der Waals surface area contributed by atoms with Crippen LogP contribution >= 0.6 is 0 Å². The van der Waals surface area contributed by atoms with Crippen molar-refractivity contribution in [3.05, 3.63) is 53.8 Å². The van der Waals surface area contributed by atoms with Crippen LogP contribution < -0.4 is 15.4 Å². The van der Waals surface area contributed by atoms with E-state index in [-0.39, 0.29) is 5.56 Å². The van der Waals surface area contributed by atoms with Crippen LogP contribution in [0.5, 0.6) is 5.75 Å². The summed E-state index contributed by atoms with van der Waals surface area (Å²) in [5.41, 5.74) is 1.04. The zero-order chi connectivity index (χ0) is 24.2. The molecule has 184 valence electrons. The molecule has 8 nitrogen and oxygen atoms in total. The van der Waals surface area contributed by atoms with E-state index in [9.17, 15) is 9.18 Å². The molecule has 1 aromatic heterocycles. The van der Waals surface area contributed by atoms with Crippen molar-refractivity contribution in [2.75, 3.05) is 30.8 Å². The second kappa shape index (κ2) is 10.4. The molecule has 0 spiro atoms. The SMILES string of the molecule is COc1cc(NC(=O)c2ccccc2F)ccc1-c1nnc(NC2CCC(N3CCCC3)CC2)o1. The van der Waals surface area contributed by atoms with E-state index in [2.05, 4.69) is 25.7 Å². The maximum Gasteiger partial charge on any atom is 0.315 e. The van der Waals surface area contributed by atoms with Gasteiger partial charge in [-0.1, -0.05) is 17.2 Å². The van der Waals surface area contributed by atoms with Gasteiger partial charge in [0.25, 0.3) is 11.8 Å². The van der Waals surface area contributed by atoms with Gasteiger partial charge in [0, 0.05) is 23.8 Å². The molecule has 0 radical (unpaired) electrons. The van der Waals surface area contributed by atoms with E-state index in [4.69, 9.17) is 9.15 Å². The van der Waals surface area contributed by atoms with E-state index < -0.39 is 11.7 Å². The normalized spacial score (nSPS) is 20.5. The number of carbonyl (C=O) groups excluding carboxylic acids is 1. The van der Waals surface area contributed by atoms with Crippen molar-refractivity contribution >= 4 is 17.6 Å². The number of benzene rings is 2. The molecule has 0 bridgehead atoms. The Morgan fingerprint density at radius 2 is 1.86 bits per heavy atom. The Labute approximate surface area is 203 Å². The number of halogens is 1. The summed E-state index contributed by atoms with van der Waals surface area (Å²) in [5.74, 6) is -0.342. The topological polar surface area (TPSA) is 92.5 Å². The lowest BCUT2D eigenvalue weighted by Crippen LogP contribution is -2.38. The summed E-state index contributed by atoms with van der Waals surface area (Å²) in [6.45, 7) is 2.48. The smallest absolute Gasteiger partial charge is 0.315 e. The third-order valence-electron chi connectivity index (χ3n) is 6.91. The molecule has 5 rings (SSSR count). The van der Waals surface area contributed by atoms with Gasteiger partial charge in [-0.15, -0.1) is 5.10 Å². The minimum Gasteiger partial charge on any atom is -0.496 e. The number of methoxy groups -OCH3 is 1. The number of anilines is 2. The van der Waals surface area contributed by atoms with Crippen LogP contribution in [0.1, 0.15) is 48.9 Å². The molecule has 2 N–H and O–H groups in total. The maximum atomic E-state index is 13.9. The van der Waals surface area contributed by atoms with Crippen molar-refractivity contribution in [3.8, 4) is 17.2 Å². The van der Waals surface area contributed by atoms with Gasteiger partial charge in [0.15, 0.2) is 0 Å². The van der Waals surface area contributed by atoms with Crippen molar-refractivity contribution in [1.82, 2.24) is 15.1 Å². The Morgan fingerprint density at radius 1 is 1.09 bits per heavy atom. The summed E-state index contributed by atoms with van der Waals surface area (Å²) in [7, 11) is 1.52. The molecule has 2 aliphatic rings. The minimum absolute atomic E-state index is 0.0300. The van der Waals surface area contributed by atoms with E-state index in [1.165, 1.54) is 64.1 Å². The third kappa shape index (κ3) is 5.30. The van der Waals surface area contributed by atoms with Gasteiger partial charge in [-0.05, 0) is 75.9 Å². The molecule has 2 heterocycles. The summed E-state index contributed by atoms with van der Waals surface area (Å²) in [6.07, 6.45) is 7.19. The number of nitrogens with one attached hydrogen (secondary N) is 2. The minimum atomic E-state index is -0.580. The summed E-state index contributed by atoms with van der Waals surface area (Å²) < 4.78 is 25.3. The van der Waals surface area contributed by atoms with Crippen LogP contribution in [0.4, 0.5) is 16.1 Å². The van der Waals surface area contributed by atoms with Gasteiger partial charge in [0.05, 0.1) is 18.2 Å². The van der Waals surface area contributed by atoms with E-state index >= 15 is 0 Å². The fraction of sp³-hybridized carbons (Fsp3) is 0.423. The second-order valence-corrected chi connectivity index (χ2v) is 9.15. The molecule has 9 heteroatoms. The fourth-order valence-corrected chi connectivity index (χ4v) is 5.05. The van der Waals surface area contributed by atoms with Crippen LogP contribution in [0.3, 0.4) is 0 Å². The highest BCUT2D eigenvalue weighted by Crippen LogP contribution is 2.33. The number of amides is 1. The molecule has 1 aliphatic carbocycles. The average molecular weight is 480 g/mol. The van der Waals surface area contributed by atoms with Crippen molar-refractivity contribution < 1.29 is 18.3 Å².